The van der Waals surface area contributed by atoms with E-state index in [0.29, 0.717) is 25.1 Å². The highest BCUT2D eigenvalue weighted by Gasteiger charge is 2.22. The van der Waals surface area contributed by atoms with Crippen LogP contribution in [0.5, 0.6) is 0 Å². The van der Waals surface area contributed by atoms with E-state index in [1.54, 1.807) is 0 Å². The van der Waals surface area contributed by atoms with Crippen LogP contribution < -0.4 is 27.4 Å². The minimum Gasteiger partial charge on any atom is -0.480 e. The van der Waals surface area contributed by atoms with E-state index in [0.717, 1.165) is 6.42 Å². The number of carbonyl (C=O) groups is 4. The van der Waals surface area contributed by atoms with Crippen LogP contribution in [-0.2, 0) is 19.2 Å². The second-order valence-corrected chi connectivity index (χ2v) is 7.06. The Labute approximate surface area is 163 Å². The first kappa shape index (κ1) is 25.1. The topological polar surface area (TPSA) is 177 Å². The van der Waals surface area contributed by atoms with E-state index in [4.69, 9.17) is 16.6 Å². The van der Waals surface area contributed by atoms with Crippen LogP contribution in [0.2, 0.25) is 0 Å². The highest BCUT2D eigenvalue weighted by atomic mass is 32.2. The lowest BCUT2D eigenvalue weighted by Crippen LogP contribution is -2.52. The molecule has 0 aromatic rings. The Hall–Kier alpha value is -1.85. The fourth-order valence-corrected chi connectivity index (χ4v) is 2.56. The first-order valence-corrected chi connectivity index (χ1v) is 10.2. The van der Waals surface area contributed by atoms with Gasteiger partial charge < -0.3 is 32.5 Å². The van der Waals surface area contributed by atoms with Crippen molar-refractivity contribution >= 4 is 35.5 Å². The van der Waals surface area contributed by atoms with Gasteiger partial charge in [0.05, 0.1) is 12.6 Å². The first-order chi connectivity index (χ1) is 12.7. The summed E-state index contributed by atoms with van der Waals surface area (Å²) in [4.78, 5) is 46.8. The standard InChI is InChI=1S/C16H31N5O5S/c1-10(20-15(24)11(18)5-3-4-7-17)14(23)19-9-13(22)21-12(16(25)26)6-8-27-2/h10-12H,3-9,17-18H2,1-2H3,(H,19,23)(H,20,24)(H,21,22)(H,25,26). The Morgan fingerprint density at radius 3 is 2.30 bits per heavy atom. The Morgan fingerprint density at radius 2 is 1.74 bits per heavy atom. The van der Waals surface area contributed by atoms with E-state index in [1.165, 1.54) is 18.7 Å². The van der Waals surface area contributed by atoms with Crippen molar-refractivity contribution in [3.63, 3.8) is 0 Å². The summed E-state index contributed by atoms with van der Waals surface area (Å²) < 4.78 is 0. The quantitative estimate of drug-likeness (QED) is 0.187. The molecule has 3 amide bonds. The molecule has 0 aliphatic carbocycles. The summed E-state index contributed by atoms with van der Waals surface area (Å²) in [5, 5.41) is 16.3. The van der Waals surface area contributed by atoms with Gasteiger partial charge >= 0.3 is 5.97 Å². The van der Waals surface area contributed by atoms with Gasteiger partial charge in [-0.05, 0) is 44.7 Å². The molecule has 0 saturated heterocycles. The van der Waals surface area contributed by atoms with Crippen LogP contribution in [0.25, 0.3) is 0 Å². The predicted octanol–water partition coefficient (Wildman–Crippen LogP) is -1.61. The summed E-state index contributed by atoms with van der Waals surface area (Å²) in [5.74, 6) is -2.19. The molecule has 10 nitrogen and oxygen atoms in total. The van der Waals surface area contributed by atoms with Crippen LogP contribution in [0, 0.1) is 0 Å². The van der Waals surface area contributed by atoms with E-state index in [2.05, 4.69) is 16.0 Å². The number of hydrogen-bond donors (Lipinski definition) is 6. The number of rotatable bonds is 14. The molecule has 0 aromatic carbocycles. The van der Waals surface area contributed by atoms with E-state index < -0.39 is 41.8 Å². The molecule has 0 aromatic heterocycles. The van der Waals surface area contributed by atoms with Crippen LogP contribution in [0.15, 0.2) is 0 Å². The summed E-state index contributed by atoms with van der Waals surface area (Å²) in [5.41, 5.74) is 11.1. The van der Waals surface area contributed by atoms with Crippen molar-refractivity contribution in [3.8, 4) is 0 Å². The van der Waals surface area contributed by atoms with Gasteiger partial charge in [0.2, 0.25) is 17.7 Å². The summed E-state index contributed by atoms with van der Waals surface area (Å²) in [7, 11) is 0. The van der Waals surface area contributed by atoms with Crippen LogP contribution in [-0.4, -0.2) is 72.0 Å². The summed E-state index contributed by atoms with van der Waals surface area (Å²) >= 11 is 1.47. The molecule has 3 unspecified atom stereocenters. The number of nitrogens with two attached hydrogens (primary N) is 2. The summed E-state index contributed by atoms with van der Waals surface area (Å²) in [6, 6.07) is -2.62. The van der Waals surface area contributed by atoms with Gasteiger partial charge in [0, 0.05) is 0 Å². The smallest absolute Gasteiger partial charge is 0.326 e. The zero-order valence-electron chi connectivity index (χ0n) is 15.8. The maximum absolute atomic E-state index is 12.0. The van der Waals surface area contributed by atoms with Gasteiger partial charge in [0.25, 0.3) is 0 Å². The van der Waals surface area contributed by atoms with Gasteiger partial charge in [-0.25, -0.2) is 4.79 Å². The third-order valence-corrected chi connectivity index (χ3v) is 4.37. The number of amides is 3. The van der Waals surface area contributed by atoms with Gasteiger partial charge in [-0.1, -0.05) is 6.42 Å². The van der Waals surface area contributed by atoms with Crippen molar-refractivity contribution in [2.75, 3.05) is 25.1 Å². The number of hydrogen-bond acceptors (Lipinski definition) is 7. The lowest BCUT2D eigenvalue weighted by molar-refractivity contribution is -0.141. The lowest BCUT2D eigenvalue weighted by Gasteiger charge is -2.18. The SMILES string of the molecule is CSCCC(NC(=O)CNC(=O)C(C)NC(=O)C(N)CCCCN)C(=O)O. The Morgan fingerprint density at radius 1 is 1.07 bits per heavy atom. The maximum atomic E-state index is 12.0. The zero-order chi connectivity index (χ0) is 20.8. The Kier molecular flexibility index (Phi) is 13.3. The summed E-state index contributed by atoms with van der Waals surface area (Å²) in [6.45, 7) is 1.61. The number of unbranched alkanes of at least 4 members (excludes halogenated alkanes) is 1. The minimum atomic E-state index is -1.13. The maximum Gasteiger partial charge on any atom is 0.326 e. The Balaban J connectivity index is 4.29. The van der Waals surface area contributed by atoms with Crippen LogP contribution >= 0.6 is 11.8 Å². The third kappa shape index (κ3) is 11.5. The predicted molar refractivity (Wildman–Crippen MR) is 104 cm³/mol. The molecule has 0 heterocycles. The monoisotopic (exact) mass is 405 g/mol. The molecule has 156 valence electrons. The summed E-state index contributed by atoms with van der Waals surface area (Å²) in [6.07, 6.45) is 4.06. The fraction of sp³-hybridized carbons (Fsp3) is 0.750. The molecular formula is C16H31N5O5S. The fourth-order valence-electron chi connectivity index (χ4n) is 2.08. The average molecular weight is 406 g/mol. The van der Waals surface area contributed by atoms with E-state index >= 15 is 0 Å². The second-order valence-electron chi connectivity index (χ2n) is 6.08. The van der Waals surface area contributed by atoms with E-state index in [-0.39, 0.29) is 13.0 Å². The van der Waals surface area contributed by atoms with E-state index in [9.17, 15) is 19.2 Å². The molecule has 8 N–H and O–H groups in total. The normalized spacial score (nSPS) is 13.9. The molecule has 11 heteroatoms. The van der Waals surface area contributed by atoms with Gasteiger partial charge in [0.15, 0.2) is 0 Å². The van der Waals surface area contributed by atoms with Crippen molar-refractivity contribution in [2.24, 2.45) is 11.5 Å². The van der Waals surface area contributed by atoms with E-state index in [1.807, 2.05) is 6.26 Å². The number of nitrogens with one attached hydrogen (secondary N) is 3. The second kappa shape index (κ2) is 14.2. The number of thioether (sulfide) groups is 1. The van der Waals surface area contributed by atoms with Gasteiger partial charge in [-0.3, -0.25) is 14.4 Å². The third-order valence-electron chi connectivity index (χ3n) is 3.73. The molecule has 0 bridgehead atoms. The van der Waals surface area contributed by atoms with Crippen LogP contribution in [0.4, 0.5) is 0 Å². The van der Waals surface area contributed by atoms with Crippen molar-refractivity contribution < 1.29 is 24.3 Å². The minimum absolute atomic E-state index is 0.282. The molecule has 27 heavy (non-hydrogen) atoms. The largest absolute Gasteiger partial charge is 0.480 e. The Bertz CT molecular complexity index is 506. The van der Waals surface area contributed by atoms with Crippen LogP contribution in [0.3, 0.4) is 0 Å². The van der Waals surface area contributed by atoms with Crippen molar-refractivity contribution in [3.05, 3.63) is 0 Å². The molecule has 0 fully saturated rings. The first-order valence-electron chi connectivity index (χ1n) is 8.77. The van der Waals surface area contributed by atoms with Crippen LogP contribution in [0.1, 0.15) is 32.6 Å². The van der Waals surface area contributed by atoms with Crippen molar-refractivity contribution in [2.45, 2.75) is 50.7 Å². The molecule has 0 saturated carbocycles. The van der Waals surface area contributed by atoms with Gasteiger partial charge in [-0.2, -0.15) is 11.8 Å². The molecule has 0 rings (SSSR count). The zero-order valence-corrected chi connectivity index (χ0v) is 16.6. The molecule has 0 spiro atoms. The number of aliphatic carboxylic acids is 1. The highest BCUT2D eigenvalue weighted by molar-refractivity contribution is 7.98. The molecule has 3 atom stereocenters. The molecular weight excluding hydrogens is 374 g/mol. The number of carbonyl (C=O) groups excluding carboxylic acids is 3. The lowest BCUT2D eigenvalue weighted by atomic mass is 10.1. The van der Waals surface area contributed by atoms with Crippen molar-refractivity contribution in [1.29, 1.82) is 0 Å². The van der Waals surface area contributed by atoms with Gasteiger partial charge in [-0.15, -0.1) is 0 Å². The molecule has 0 aliphatic heterocycles. The molecule has 0 radical (unpaired) electrons. The van der Waals surface area contributed by atoms with Gasteiger partial charge in [0.1, 0.15) is 12.1 Å². The van der Waals surface area contributed by atoms with Crippen molar-refractivity contribution in [1.82, 2.24) is 16.0 Å². The highest BCUT2D eigenvalue weighted by Crippen LogP contribution is 2.01. The number of carboxylic acids is 1. The number of carboxylic acid groups (broad SMARTS) is 1. The molecule has 0 aliphatic rings. The average Bonchev–Trinajstić information content (AvgIpc) is 2.62.